The molecular formula is C15H18BrF2NO3. The van der Waals surface area contributed by atoms with E-state index in [9.17, 15) is 13.6 Å². The minimum atomic E-state index is -2.60. The zero-order chi connectivity index (χ0) is 16.3. The zero-order valence-electron chi connectivity index (χ0n) is 12.5. The third-order valence-corrected chi connectivity index (χ3v) is 4.22. The van der Waals surface area contributed by atoms with Crippen molar-refractivity contribution in [2.75, 3.05) is 31.7 Å². The van der Waals surface area contributed by atoms with Gasteiger partial charge >= 0.3 is 5.97 Å². The molecule has 0 aliphatic carbocycles. The van der Waals surface area contributed by atoms with Crippen molar-refractivity contribution in [2.24, 2.45) is 0 Å². The van der Waals surface area contributed by atoms with Gasteiger partial charge in [0.2, 0.25) is 0 Å². The van der Waals surface area contributed by atoms with Crippen LogP contribution in [0.15, 0.2) is 16.6 Å². The Morgan fingerprint density at radius 1 is 1.36 bits per heavy atom. The van der Waals surface area contributed by atoms with E-state index in [0.29, 0.717) is 22.4 Å². The van der Waals surface area contributed by atoms with E-state index in [-0.39, 0.29) is 25.9 Å². The van der Waals surface area contributed by atoms with Crippen molar-refractivity contribution in [1.82, 2.24) is 0 Å². The second-order valence-corrected chi connectivity index (χ2v) is 5.92. The number of hydrogen-bond acceptors (Lipinski definition) is 4. The predicted octanol–water partition coefficient (Wildman–Crippen LogP) is 3.87. The first-order valence-electron chi connectivity index (χ1n) is 7.05. The highest BCUT2D eigenvalue weighted by Gasteiger charge is 2.34. The van der Waals surface area contributed by atoms with Gasteiger partial charge in [0.25, 0.3) is 5.92 Å². The van der Waals surface area contributed by atoms with Gasteiger partial charge in [0.15, 0.2) is 0 Å². The zero-order valence-corrected chi connectivity index (χ0v) is 14.1. The van der Waals surface area contributed by atoms with Gasteiger partial charge in [-0.05, 0) is 28.9 Å². The maximum Gasteiger partial charge on any atom is 0.341 e. The minimum absolute atomic E-state index is 0.178. The molecule has 0 N–H and O–H groups in total. The highest BCUT2D eigenvalue weighted by molar-refractivity contribution is 9.10. The monoisotopic (exact) mass is 377 g/mol. The molecule has 22 heavy (non-hydrogen) atoms. The standard InChI is InChI=1S/C15H18BrF2NO3/c1-3-22-13-9-12(11(16)8-10(13)14(20)21-2)19-6-4-15(17,18)5-7-19/h8-9H,3-7H2,1-2H3. The molecule has 1 saturated heterocycles. The highest BCUT2D eigenvalue weighted by Crippen LogP contribution is 2.37. The summed E-state index contributed by atoms with van der Waals surface area (Å²) < 4.78 is 37.5. The number of piperidine rings is 1. The summed E-state index contributed by atoms with van der Waals surface area (Å²) >= 11 is 3.40. The molecule has 1 aromatic carbocycles. The number of benzene rings is 1. The van der Waals surface area contributed by atoms with Crippen molar-refractivity contribution >= 4 is 27.6 Å². The number of ether oxygens (including phenoxy) is 2. The van der Waals surface area contributed by atoms with Crippen LogP contribution in [0.5, 0.6) is 5.75 Å². The topological polar surface area (TPSA) is 38.8 Å². The van der Waals surface area contributed by atoms with Crippen LogP contribution < -0.4 is 9.64 Å². The van der Waals surface area contributed by atoms with Crippen molar-refractivity contribution in [2.45, 2.75) is 25.7 Å². The molecule has 1 heterocycles. The Morgan fingerprint density at radius 3 is 2.55 bits per heavy atom. The summed E-state index contributed by atoms with van der Waals surface area (Å²) in [5, 5.41) is 0. The summed E-state index contributed by atoms with van der Waals surface area (Å²) in [5.41, 5.74) is 1.05. The fourth-order valence-corrected chi connectivity index (χ4v) is 3.00. The van der Waals surface area contributed by atoms with Gasteiger partial charge < -0.3 is 14.4 Å². The van der Waals surface area contributed by atoms with Crippen LogP contribution in [0.4, 0.5) is 14.5 Å². The molecule has 1 aliphatic heterocycles. The van der Waals surface area contributed by atoms with E-state index in [4.69, 9.17) is 9.47 Å². The normalized spacial score (nSPS) is 17.2. The van der Waals surface area contributed by atoms with E-state index < -0.39 is 11.9 Å². The van der Waals surface area contributed by atoms with E-state index in [1.54, 1.807) is 12.1 Å². The molecule has 1 aromatic rings. The molecule has 0 spiro atoms. The lowest BCUT2D eigenvalue weighted by Crippen LogP contribution is -2.39. The van der Waals surface area contributed by atoms with Crippen LogP contribution in [0.3, 0.4) is 0 Å². The number of halogens is 3. The van der Waals surface area contributed by atoms with Gasteiger partial charge in [-0.15, -0.1) is 0 Å². The summed E-state index contributed by atoms with van der Waals surface area (Å²) in [5.74, 6) is -2.71. The summed E-state index contributed by atoms with van der Waals surface area (Å²) in [6, 6.07) is 3.31. The van der Waals surface area contributed by atoms with Crippen LogP contribution in [0, 0.1) is 0 Å². The first-order chi connectivity index (χ1) is 10.4. The maximum absolute atomic E-state index is 13.3. The number of rotatable bonds is 4. The molecular weight excluding hydrogens is 360 g/mol. The van der Waals surface area contributed by atoms with Crippen molar-refractivity contribution < 1.29 is 23.0 Å². The second kappa shape index (κ2) is 6.81. The average molecular weight is 378 g/mol. The Morgan fingerprint density at radius 2 is 2.00 bits per heavy atom. The van der Waals surface area contributed by atoms with Crippen LogP contribution in [0.1, 0.15) is 30.1 Å². The van der Waals surface area contributed by atoms with Gasteiger partial charge in [-0.25, -0.2) is 13.6 Å². The maximum atomic E-state index is 13.3. The van der Waals surface area contributed by atoms with Crippen molar-refractivity contribution in [3.8, 4) is 5.75 Å². The lowest BCUT2D eigenvalue weighted by atomic mass is 10.1. The molecule has 0 radical (unpaired) electrons. The van der Waals surface area contributed by atoms with E-state index in [1.807, 2.05) is 11.8 Å². The van der Waals surface area contributed by atoms with E-state index in [0.717, 1.165) is 5.69 Å². The highest BCUT2D eigenvalue weighted by atomic mass is 79.9. The fourth-order valence-electron chi connectivity index (χ4n) is 2.40. The molecule has 0 amide bonds. The van der Waals surface area contributed by atoms with Crippen LogP contribution >= 0.6 is 15.9 Å². The first kappa shape index (κ1) is 17.0. The van der Waals surface area contributed by atoms with Crippen LogP contribution in [-0.4, -0.2) is 38.7 Å². The smallest absolute Gasteiger partial charge is 0.341 e. The number of alkyl halides is 2. The van der Waals surface area contributed by atoms with Gasteiger partial charge in [0, 0.05) is 36.5 Å². The third kappa shape index (κ3) is 3.69. The summed E-state index contributed by atoms with van der Waals surface area (Å²) in [6.07, 6.45) is -0.357. The van der Waals surface area contributed by atoms with E-state index >= 15 is 0 Å². The summed E-state index contributed by atoms with van der Waals surface area (Å²) in [7, 11) is 1.30. The van der Waals surface area contributed by atoms with Gasteiger partial charge in [0.1, 0.15) is 11.3 Å². The third-order valence-electron chi connectivity index (χ3n) is 3.59. The van der Waals surface area contributed by atoms with E-state index in [1.165, 1.54) is 7.11 Å². The number of carbonyl (C=O) groups excluding carboxylic acids is 1. The number of nitrogens with zero attached hydrogens (tertiary/aromatic N) is 1. The Balaban J connectivity index is 2.33. The molecule has 0 aromatic heterocycles. The molecule has 0 bridgehead atoms. The minimum Gasteiger partial charge on any atom is -0.493 e. The lowest BCUT2D eigenvalue weighted by molar-refractivity contribution is -0.0220. The van der Waals surface area contributed by atoms with Crippen LogP contribution in [-0.2, 0) is 4.74 Å². The van der Waals surface area contributed by atoms with Gasteiger partial charge in [-0.3, -0.25) is 0 Å². The fraction of sp³-hybridized carbons (Fsp3) is 0.533. The largest absolute Gasteiger partial charge is 0.493 e. The molecule has 0 unspecified atom stereocenters. The molecule has 122 valence electrons. The Kier molecular flexibility index (Phi) is 5.26. The molecule has 1 fully saturated rings. The van der Waals surface area contributed by atoms with Crippen molar-refractivity contribution in [3.05, 3.63) is 22.2 Å². The Hall–Kier alpha value is -1.37. The summed E-state index contributed by atoms with van der Waals surface area (Å²) in [6.45, 7) is 2.72. The molecule has 4 nitrogen and oxygen atoms in total. The van der Waals surface area contributed by atoms with Crippen molar-refractivity contribution in [1.29, 1.82) is 0 Å². The molecule has 7 heteroatoms. The van der Waals surface area contributed by atoms with Gasteiger partial charge in [-0.1, -0.05) is 0 Å². The van der Waals surface area contributed by atoms with Crippen LogP contribution in [0.25, 0.3) is 0 Å². The number of carbonyl (C=O) groups is 1. The van der Waals surface area contributed by atoms with Crippen molar-refractivity contribution in [3.63, 3.8) is 0 Å². The van der Waals surface area contributed by atoms with E-state index in [2.05, 4.69) is 15.9 Å². The second-order valence-electron chi connectivity index (χ2n) is 5.07. The van der Waals surface area contributed by atoms with Gasteiger partial charge in [0.05, 0.1) is 19.4 Å². The quantitative estimate of drug-likeness (QED) is 0.746. The lowest BCUT2D eigenvalue weighted by Gasteiger charge is -2.34. The number of methoxy groups -OCH3 is 1. The predicted molar refractivity (Wildman–Crippen MR) is 83.0 cm³/mol. The van der Waals surface area contributed by atoms with Gasteiger partial charge in [-0.2, -0.15) is 0 Å². The van der Waals surface area contributed by atoms with Crippen LogP contribution in [0.2, 0.25) is 0 Å². The SMILES string of the molecule is CCOc1cc(N2CCC(F)(F)CC2)c(Br)cc1C(=O)OC. The first-order valence-corrected chi connectivity index (χ1v) is 7.84. The number of hydrogen-bond donors (Lipinski definition) is 0. The Labute approximate surface area is 136 Å². The molecule has 1 aliphatic rings. The average Bonchev–Trinajstić information content (AvgIpc) is 2.48. The number of esters is 1. The molecule has 0 atom stereocenters. The Bertz CT molecular complexity index is 556. The molecule has 2 rings (SSSR count). The number of anilines is 1. The molecule has 0 saturated carbocycles. The summed E-state index contributed by atoms with van der Waals surface area (Å²) in [4.78, 5) is 13.7.